The topological polar surface area (TPSA) is 58.9 Å². The first-order valence-electron chi connectivity index (χ1n) is 17.8. The molecule has 3 aromatic carbocycles. The van der Waals surface area contributed by atoms with Crippen molar-refractivity contribution in [3.63, 3.8) is 0 Å². The van der Waals surface area contributed by atoms with Crippen molar-refractivity contribution in [2.75, 3.05) is 0 Å². The molecular formula is C44H58O4. The molecule has 0 saturated heterocycles. The van der Waals surface area contributed by atoms with E-state index in [1.54, 1.807) is 0 Å². The Morgan fingerprint density at radius 3 is 2.12 bits per heavy atom. The summed E-state index contributed by atoms with van der Waals surface area (Å²) < 4.78 is 12.4. The molecule has 3 unspecified atom stereocenters. The minimum Gasteiger partial charge on any atom is -0.507 e. The highest BCUT2D eigenvalue weighted by molar-refractivity contribution is 5.58. The molecule has 2 aliphatic heterocycles. The van der Waals surface area contributed by atoms with E-state index < -0.39 is 6.10 Å². The van der Waals surface area contributed by atoms with E-state index in [1.807, 2.05) is 68.4 Å². The Kier molecular flexibility index (Phi) is 13.2. The van der Waals surface area contributed by atoms with E-state index in [4.69, 9.17) is 9.47 Å². The molecule has 2 N–H and O–H groups in total. The van der Waals surface area contributed by atoms with Crippen molar-refractivity contribution in [3.05, 3.63) is 123 Å². The molecule has 5 rings (SSSR count). The molecule has 2 heterocycles. The van der Waals surface area contributed by atoms with Crippen LogP contribution in [-0.2, 0) is 12.8 Å². The molecule has 0 amide bonds. The zero-order valence-electron chi connectivity index (χ0n) is 30.7. The second-order valence-corrected chi connectivity index (χ2v) is 14.4. The number of hydrogen-bond donors (Lipinski definition) is 2. The molecule has 48 heavy (non-hydrogen) atoms. The number of hydrogen-bond acceptors (Lipinski definition) is 4. The van der Waals surface area contributed by atoms with Crippen molar-refractivity contribution >= 4 is 0 Å². The zero-order valence-corrected chi connectivity index (χ0v) is 30.7. The van der Waals surface area contributed by atoms with E-state index in [0.717, 1.165) is 84.3 Å². The van der Waals surface area contributed by atoms with Crippen LogP contribution in [0.25, 0.3) is 0 Å². The zero-order chi connectivity index (χ0) is 34.8. The van der Waals surface area contributed by atoms with Crippen LogP contribution in [0.5, 0.6) is 17.2 Å². The molecule has 3 aromatic rings. The number of ether oxygens (including phenoxy) is 2. The van der Waals surface area contributed by atoms with Gasteiger partial charge in [0.05, 0.1) is 6.10 Å². The number of phenolic OH excluding ortho intramolecular Hbond substituents is 1. The van der Waals surface area contributed by atoms with Gasteiger partial charge in [-0.1, -0.05) is 83.5 Å². The van der Waals surface area contributed by atoms with Crippen molar-refractivity contribution in [2.24, 2.45) is 0 Å². The van der Waals surface area contributed by atoms with Gasteiger partial charge >= 0.3 is 0 Å². The average Bonchev–Trinajstić information content (AvgIpc) is 3.06. The summed E-state index contributed by atoms with van der Waals surface area (Å²) in [6.07, 6.45) is 15.7. The Morgan fingerprint density at radius 2 is 1.44 bits per heavy atom. The van der Waals surface area contributed by atoms with Gasteiger partial charge in [-0.25, -0.2) is 0 Å². The number of aromatic hydroxyl groups is 1. The minimum absolute atomic E-state index is 0.133. The highest BCUT2D eigenvalue weighted by atomic mass is 16.5. The highest BCUT2D eigenvalue weighted by Gasteiger charge is 2.34. The lowest BCUT2D eigenvalue weighted by molar-refractivity contribution is 0.0208. The van der Waals surface area contributed by atoms with Crippen LogP contribution in [0.1, 0.15) is 119 Å². The molecule has 0 fully saturated rings. The number of allylic oxidation sites excluding steroid dienone is 6. The summed E-state index contributed by atoms with van der Waals surface area (Å²) >= 11 is 0. The summed E-state index contributed by atoms with van der Waals surface area (Å²) in [6, 6.07) is 17.8. The van der Waals surface area contributed by atoms with Crippen LogP contribution >= 0.6 is 0 Å². The lowest BCUT2D eigenvalue weighted by Gasteiger charge is -2.38. The average molecular weight is 651 g/mol. The summed E-state index contributed by atoms with van der Waals surface area (Å²) in [5.41, 5.74) is 10.6. The second-order valence-electron chi connectivity index (χ2n) is 14.4. The lowest BCUT2D eigenvalue weighted by atomic mass is 9.85. The Balaban J connectivity index is 0.000000255. The van der Waals surface area contributed by atoms with Gasteiger partial charge in [0.1, 0.15) is 29.0 Å². The SMILES string of the molecule is CC(C)=CCC/C(C)=C/CC/C(C)=C/CCC1(C)CCc2c(C)c(O)c(C)c(C)c2O1.OC1Cc2ccccc2OC1c1ccccc1. The Morgan fingerprint density at radius 1 is 0.812 bits per heavy atom. The summed E-state index contributed by atoms with van der Waals surface area (Å²) in [5.74, 6) is 2.32. The normalized spacial score (nSPS) is 20.4. The molecule has 0 radical (unpaired) electrons. The van der Waals surface area contributed by atoms with Crippen LogP contribution in [0.4, 0.5) is 0 Å². The van der Waals surface area contributed by atoms with Crippen LogP contribution in [0.15, 0.2) is 89.5 Å². The fourth-order valence-corrected chi connectivity index (χ4v) is 6.70. The Bertz CT molecular complexity index is 1610. The summed E-state index contributed by atoms with van der Waals surface area (Å²) in [5, 5.41) is 20.5. The van der Waals surface area contributed by atoms with Crippen molar-refractivity contribution in [1.82, 2.24) is 0 Å². The van der Waals surface area contributed by atoms with Crippen molar-refractivity contribution < 1.29 is 19.7 Å². The van der Waals surface area contributed by atoms with Crippen LogP contribution in [0.2, 0.25) is 0 Å². The van der Waals surface area contributed by atoms with Gasteiger partial charge in [-0.2, -0.15) is 0 Å². The number of fused-ring (bicyclic) bond motifs is 2. The summed E-state index contributed by atoms with van der Waals surface area (Å²) in [7, 11) is 0. The van der Waals surface area contributed by atoms with E-state index >= 15 is 0 Å². The van der Waals surface area contributed by atoms with Gasteiger partial charge in [0.25, 0.3) is 0 Å². The van der Waals surface area contributed by atoms with Gasteiger partial charge in [0, 0.05) is 12.0 Å². The number of benzene rings is 3. The van der Waals surface area contributed by atoms with Crippen molar-refractivity contribution in [1.29, 1.82) is 0 Å². The molecule has 0 saturated carbocycles. The summed E-state index contributed by atoms with van der Waals surface area (Å²) in [4.78, 5) is 0. The molecule has 0 bridgehead atoms. The van der Waals surface area contributed by atoms with Gasteiger partial charge in [-0.05, 0) is 141 Å². The van der Waals surface area contributed by atoms with Gasteiger partial charge in [-0.3, -0.25) is 0 Å². The smallest absolute Gasteiger partial charge is 0.150 e. The molecular weight excluding hydrogens is 592 g/mol. The largest absolute Gasteiger partial charge is 0.507 e. The van der Waals surface area contributed by atoms with Crippen LogP contribution < -0.4 is 9.47 Å². The standard InChI is InChI=1S/C29H44O2.C15H14O2/c1-20(2)12-9-13-21(3)14-10-15-22(4)16-11-18-29(8)19-17-26-25(7)27(30)23(5)24(6)28(26)31-29;16-13-10-12-8-4-5-9-14(12)17-15(13)11-6-2-1-3-7-11/h12,14,16,30H,9-11,13,15,17-19H2,1-8H3;1-9,13,15-16H,10H2/b21-14+,22-16+;. The van der Waals surface area contributed by atoms with Gasteiger partial charge in [-0.15, -0.1) is 0 Å². The minimum atomic E-state index is -0.479. The fourth-order valence-electron chi connectivity index (χ4n) is 6.70. The molecule has 0 aromatic heterocycles. The van der Waals surface area contributed by atoms with Gasteiger partial charge < -0.3 is 19.7 Å². The summed E-state index contributed by atoms with van der Waals surface area (Å²) in [6.45, 7) is 17.1. The quantitative estimate of drug-likeness (QED) is 0.214. The van der Waals surface area contributed by atoms with Crippen molar-refractivity contribution in [3.8, 4) is 17.2 Å². The number of para-hydroxylation sites is 1. The maximum atomic E-state index is 10.4. The van der Waals surface area contributed by atoms with E-state index in [0.29, 0.717) is 12.2 Å². The first-order valence-corrected chi connectivity index (χ1v) is 17.8. The van der Waals surface area contributed by atoms with Crippen LogP contribution in [0, 0.1) is 20.8 Å². The maximum absolute atomic E-state index is 10.4. The second kappa shape index (κ2) is 17.1. The lowest BCUT2D eigenvalue weighted by Crippen LogP contribution is -2.37. The third-order valence-corrected chi connectivity index (χ3v) is 10.0. The molecule has 3 atom stereocenters. The predicted octanol–water partition coefficient (Wildman–Crippen LogP) is 11.3. The predicted molar refractivity (Wildman–Crippen MR) is 200 cm³/mol. The first kappa shape index (κ1) is 37.1. The third kappa shape index (κ3) is 9.89. The van der Waals surface area contributed by atoms with E-state index in [2.05, 4.69) is 59.8 Å². The Labute approximate surface area is 290 Å². The number of rotatable bonds is 10. The van der Waals surface area contributed by atoms with Crippen LogP contribution in [0.3, 0.4) is 0 Å². The van der Waals surface area contributed by atoms with E-state index in [-0.39, 0.29) is 11.7 Å². The van der Waals surface area contributed by atoms with Crippen molar-refractivity contribution in [2.45, 2.75) is 131 Å². The molecule has 4 heteroatoms. The van der Waals surface area contributed by atoms with Crippen LogP contribution in [-0.4, -0.2) is 21.9 Å². The highest BCUT2D eigenvalue weighted by Crippen LogP contribution is 2.44. The number of aliphatic hydroxyl groups excluding tert-OH is 1. The fraction of sp³-hybridized carbons (Fsp3) is 0.455. The Hall–Kier alpha value is -3.76. The van der Waals surface area contributed by atoms with E-state index in [9.17, 15) is 10.2 Å². The number of phenols is 1. The van der Waals surface area contributed by atoms with Gasteiger partial charge in [0.15, 0.2) is 0 Å². The molecule has 258 valence electrons. The maximum Gasteiger partial charge on any atom is 0.150 e. The molecule has 2 aliphatic rings. The first-order chi connectivity index (χ1) is 22.9. The monoisotopic (exact) mass is 650 g/mol. The molecule has 4 nitrogen and oxygen atoms in total. The molecule has 0 spiro atoms. The molecule has 0 aliphatic carbocycles. The third-order valence-electron chi connectivity index (χ3n) is 10.0. The van der Waals surface area contributed by atoms with Gasteiger partial charge in [0.2, 0.25) is 0 Å². The van der Waals surface area contributed by atoms with E-state index in [1.165, 1.54) is 28.7 Å². The number of aliphatic hydroxyl groups is 1.